The number of hydrogen-bond donors (Lipinski definition) is 2. The van der Waals surface area contributed by atoms with Gasteiger partial charge in [-0.05, 0) is 36.8 Å². The Morgan fingerprint density at radius 1 is 1.26 bits per heavy atom. The Morgan fingerprint density at radius 2 is 2.13 bits per heavy atom. The fourth-order valence-corrected chi connectivity index (χ4v) is 3.79. The third-order valence-corrected chi connectivity index (χ3v) is 5.21. The number of pyridine rings is 1. The molecular formula is C22H19FN6O2. The summed E-state index contributed by atoms with van der Waals surface area (Å²) in [5, 5.41) is 3.29. The van der Waals surface area contributed by atoms with Crippen LogP contribution < -0.4 is 15.8 Å². The Hall–Kier alpha value is -4.01. The summed E-state index contributed by atoms with van der Waals surface area (Å²) in [6, 6.07) is 9.76. The molecule has 3 N–H and O–H groups in total. The van der Waals surface area contributed by atoms with Crippen molar-refractivity contribution in [3.8, 4) is 17.4 Å². The highest BCUT2D eigenvalue weighted by atomic mass is 19.1. The van der Waals surface area contributed by atoms with Crippen LogP contribution >= 0.6 is 0 Å². The van der Waals surface area contributed by atoms with Crippen molar-refractivity contribution in [1.82, 2.24) is 19.4 Å². The molecule has 3 aromatic heterocycles. The second-order valence-corrected chi connectivity index (χ2v) is 7.29. The molecule has 1 aliphatic rings. The van der Waals surface area contributed by atoms with Gasteiger partial charge in [0.1, 0.15) is 23.0 Å². The predicted octanol–water partition coefficient (Wildman–Crippen LogP) is 2.88. The zero-order valence-corrected chi connectivity index (χ0v) is 16.7. The number of benzene rings is 1. The molecule has 1 amide bonds. The molecule has 156 valence electrons. The molecule has 0 unspecified atom stereocenters. The number of imidazole rings is 1. The van der Waals surface area contributed by atoms with Crippen LogP contribution in [0.3, 0.4) is 0 Å². The molecule has 5 rings (SSSR count). The van der Waals surface area contributed by atoms with Crippen LogP contribution in [0.15, 0.2) is 42.6 Å². The van der Waals surface area contributed by atoms with E-state index < -0.39 is 5.91 Å². The molecule has 1 aliphatic heterocycles. The minimum atomic E-state index is -0.558. The van der Waals surface area contributed by atoms with E-state index in [-0.39, 0.29) is 5.82 Å². The first-order valence-electron chi connectivity index (χ1n) is 9.81. The smallest absolute Gasteiger partial charge is 0.252 e. The number of nitrogens with one attached hydrogen (secondary N) is 1. The fraction of sp³-hybridized carbons (Fsp3) is 0.182. The maximum atomic E-state index is 13.5. The molecule has 0 atom stereocenters. The van der Waals surface area contributed by atoms with Crippen LogP contribution in [0.1, 0.15) is 27.2 Å². The summed E-state index contributed by atoms with van der Waals surface area (Å²) in [5.74, 6) is 0.698. The van der Waals surface area contributed by atoms with Crippen LogP contribution in [0.25, 0.3) is 17.2 Å². The number of rotatable bonds is 5. The minimum absolute atomic E-state index is 0.289. The molecule has 31 heavy (non-hydrogen) atoms. The van der Waals surface area contributed by atoms with Crippen molar-refractivity contribution >= 4 is 17.4 Å². The highest BCUT2D eigenvalue weighted by Gasteiger charge is 2.24. The predicted molar refractivity (Wildman–Crippen MR) is 112 cm³/mol. The monoisotopic (exact) mass is 418 g/mol. The van der Waals surface area contributed by atoms with Crippen molar-refractivity contribution < 1.29 is 13.9 Å². The van der Waals surface area contributed by atoms with E-state index in [1.54, 1.807) is 28.8 Å². The first-order valence-corrected chi connectivity index (χ1v) is 9.81. The Kier molecular flexibility index (Phi) is 4.50. The van der Waals surface area contributed by atoms with E-state index in [9.17, 15) is 9.18 Å². The molecule has 0 fully saturated rings. The van der Waals surface area contributed by atoms with Gasteiger partial charge in [-0.1, -0.05) is 12.1 Å². The van der Waals surface area contributed by atoms with Crippen LogP contribution in [0.4, 0.5) is 10.2 Å². The van der Waals surface area contributed by atoms with Crippen LogP contribution in [-0.2, 0) is 13.0 Å². The van der Waals surface area contributed by atoms with Crippen LogP contribution in [0, 0.1) is 12.7 Å². The highest BCUT2D eigenvalue weighted by Crippen LogP contribution is 2.33. The summed E-state index contributed by atoms with van der Waals surface area (Å²) in [5.41, 5.74) is 9.24. The molecule has 0 radical (unpaired) electrons. The van der Waals surface area contributed by atoms with Gasteiger partial charge in [0, 0.05) is 19.2 Å². The number of ether oxygens (including phenoxy) is 1. The lowest BCUT2D eigenvalue weighted by Crippen LogP contribution is -2.12. The Morgan fingerprint density at radius 3 is 2.94 bits per heavy atom. The van der Waals surface area contributed by atoms with E-state index in [1.807, 2.05) is 13.0 Å². The van der Waals surface area contributed by atoms with Crippen molar-refractivity contribution in [3.05, 3.63) is 70.8 Å². The zero-order valence-electron chi connectivity index (χ0n) is 16.7. The largest absolute Gasteiger partial charge is 0.477 e. The zero-order chi connectivity index (χ0) is 21.5. The van der Waals surface area contributed by atoms with Crippen molar-refractivity contribution in [2.45, 2.75) is 19.9 Å². The lowest BCUT2D eigenvalue weighted by Gasteiger charge is -2.12. The molecular weight excluding hydrogens is 399 g/mol. The Bertz CT molecular complexity index is 1330. The maximum Gasteiger partial charge on any atom is 0.252 e. The number of anilines is 1. The number of aromatic nitrogens is 4. The van der Waals surface area contributed by atoms with Crippen LogP contribution in [-0.4, -0.2) is 31.9 Å². The van der Waals surface area contributed by atoms with Crippen molar-refractivity contribution in [2.75, 3.05) is 11.9 Å². The molecule has 1 aromatic carbocycles. The summed E-state index contributed by atoms with van der Waals surface area (Å²) >= 11 is 0. The summed E-state index contributed by atoms with van der Waals surface area (Å²) in [6.07, 6.45) is 2.47. The summed E-state index contributed by atoms with van der Waals surface area (Å²) < 4.78 is 21.0. The summed E-state index contributed by atoms with van der Waals surface area (Å²) in [7, 11) is 0. The van der Waals surface area contributed by atoms with Crippen molar-refractivity contribution in [3.63, 3.8) is 0 Å². The molecule has 4 aromatic rings. The molecule has 0 saturated carbocycles. The van der Waals surface area contributed by atoms with Gasteiger partial charge in [-0.2, -0.15) is 4.98 Å². The average molecular weight is 418 g/mol. The van der Waals surface area contributed by atoms with Gasteiger partial charge >= 0.3 is 0 Å². The van der Waals surface area contributed by atoms with Crippen LogP contribution in [0.5, 0.6) is 5.88 Å². The van der Waals surface area contributed by atoms with Crippen molar-refractivity contribution in [1.29, 1.82) is 0 Å². The number of aryl methyl sites for hydroxylation is 1. The topological polar surface area (TPSA) is 107 Å². The summed E-state index contributed by atoms with van der Waals surface area (Å²) in [6.45, 7) is 2.74. The van der Waals surface area contributed by atoms with Gasteiger partial charge in [-0.3, -0.25) is 9.20 Å². The fourth-order valence-electron chi connectivity index (χ4n) is 3.79. The van der Waals surface area contributed by atoms with E-state index >= 15 is 0 Å². The number of amides is 1. The van der Waals surface area contributed by atoms with E-state index in [0.717, 1.165) is 11.1 Å². The number of hydrogen-bond acceptors (Lipinski definition) is 6. The Labute approximate surface area is 176 Å². The van der Waals surface area contributed by atoms with Crippen LogP contribution in [0.2, 0.25) is 0 Å². The number of carbonyl (C=O) groups is 1. The van der Waals surface area contributed by atoms with E-state index in [1.165, 1.54) is 12.1 Å². The molecule has 0 spiro atoms. The summed E-state index contributed by atoms with van der Waals surface area (Å²) in [4.78, 5) is 25.7. The van der Waals surface area contributed by atoms with Gasteiger partial charge in [-0.15, -0.1) is 0 Å². The third-order valence-electron chi connectivity index (χ3n) is 5.21. The second kappa shape index (κ2) is 7.35. The van der Waals surface area contributed by atoms with E-state index in [0.29, 0.717) is 59.7 Å². The first kappa shape index (κ1) is 19.0. The number of halogens is 1. The average Bonchev–Trinajstić information content (AvgIpc) is 3.35. The minimum Gasteiger partial charge on any atom is -0.477 e. The Balaban J connectivity index is 1.60. The maximum absolute atomic E-state index is 13.5. The normalized spacial score (nSPS) is 12.6. The number of fused-ring (bicyclic) bond motifs is 2. The number of nitrogens with two attached hydrogens (primary N) is 1. The van der Waals surface area contributed by atoms with Gasteiger partial charge in [0.25, 0.3) is 5.91 Å². The van der Waals surface area contributed by atoms with E-state index in [4.69, 9.17) is 15.5 Å². The molecule has 4 heterocycles. The lowest BCUT2D eigenvalue weighted by atomic mass is 10.2. The van der Waals surface area contributed by atoms with Gasteiger partial charge in [0.2, 0.25) is 5.88 Å². The SMILES string of the molecule is Cc1nc2c(C(N)=O)cccn2c1-c1nc(NCc2cccc(F)c2)c2c(n1)OCC2. The molecule has 0 aliphatic carbocycles. The molecule has 8 nitrogen and oxygen atoms in total. The van der Waals surface area contributed by atoms with Gasteiger partial charge in [0.15, 0.2) is 5.82 Å². The number of carbonyl (C=O) groups excluding carboxylic acids is 1. The van der Waals surface area contributed by atoms with Gasteiger partial charge < -0.3 is 15.8 Å². The highest BCUT2D eigenvalue weighted by molar-refractivity contribution is 5.99. The quantitative estimate of drug-likeness (QED) is 0.516. The van der Waals surface area contributed by atoms with Gasteiger partial charge in [-0.25, -0.2) is 14.4 Å². The molecule has 0 bridgehead atoms. The second-order valence-electron chi connectivity index (χ2n) is 7.29. The third kappa shape index (κ3) is 3.33. The lowest BCUT2D eigenvalue weighted by molar-refractivity contribution is 0.100. The first-order chi connectivity index (χ1) is 15.0. The van der Waals surface area contributed by atoms with Crippen molar-refractivity contribution in [2.24, 2.45) is 5.73 Å². The van der Waals surface area contributed by atoms with E-state index in [2.05, 4.69) is 15.3 Å². The number of primary amides is 1. The molecule has 0 saturated heterocycles. The number of nitrogens with zero attached hydrogens (tertiary/aromatic N) is 4. The molecule has 9 heteroatoms. The standard InChI is InChI=1S/C22H19FN6O2/c1-12-17(29-8-3-6-15(18(24)30)21(29)26-12)20-27-19(16-7-9-31-22(16)28-20)25-11-13-4-2-5-14(23)10-13/h2-6,8,10H,7,9,11H2,1H3,(H2,24,30)(H,25,27,28). The van der Waals surface area contributed by atoms with Gasteiger partial charge in [0.05, 0.1) is 23.4 Å².